The van der Waals surface area contributed by atoms with Gasteiger partial charge in [-0.1, -0.05) is 0 Å². The van der Waals surface area contributed by atoms with E-state index in [1.54, 1.807) is 38.4 Å². The van der Waals surface area contributed by atoms with Crippen LogP contribution >= 0.6 is 0 Å². The van der Waals surface area contributed by atoms with Crippen molar-refractivity contribution < 1.29 is 24.1 Å². The first-order valence-corrected chi connectivity index (χ1v) is 8.05. The van der Waals surface area contributed by atoms with Gasteiger partial charge in [0.2, 0.25) is 0 Å². The molecule has 0 radical (unpaired) electrons. The van der Waals surface area contributed by atoms with Gasteiger partial charge in [-0.3, -0.25) is 0 Å². The number of benzene rings is 1. The molecular weight excluding hydrogens is 312 g/mol. The third-order valence-corrected chi connectivity index (χ3v) is 4.13. The summed E-state index contributed by atoms with van der Waals surface area (Å²) in [6.07, 6.45) is 0.940. The minimum atomic E-state index is -0.807. The van der Waals surface area contributed by atoms with Crippen LogP contribution in [0, 0.1) is 0 Å². The molecule has 24 heavy (non-hydrogen) atoms. The summed E-state index contributed by atoms with van der Waals surface area (Å²) >= 11 is 0. The number of β-amino-alcohol motifs (C(OH)–C–C–N with tert-alkyl or cyclic N) is 1. The van der Waals surface area contributed by atoms with E-state index in [2.05, 4.69) is 5.32 Å². The Balaban J connectivity index is 2.06. The van der Waals surface area contributed by atoms with E-state index in [0.717, 1.165) is 18.4 Å². The molecule has 0 saturated carbocycles. The number of urea groups is 1. The molecule has 1 aliphatic heterocycles. The van der Waals surface area contributed by atoms with Gasteiger partial charge in [-0.25, -0.2) is 4.79 Å². The number of amides is 2. The number of fused-ring (bicyclic) bond motifs is 1. The highest BCUT2D eigenvalue weighted by Crippen LogP contribution is 2.39. The maximum Gasteiger partial charge on any atom is 0.317 e. The van der Waals surface area contributed by atoms with E-state index in [9.17, 15) is 9.90 Å². The number of nitrogens with zero attached hydrogens (tertiary/aromatic N) is 1. The number of nitrogens with one attached hydrogen (secondary N) is 1. The summed E-state index contributed by atoms with van der Waals surface area (Å²) < 4.78 is 15.7. The van der Waals surface area contributed by atoms with Crippen LogP contribution in [0.5, 0.6) is 11.5 Å². The van der Waals surface area contributed by atoms with Gasteiger partial charge in [0.15, 0.2) is 0 Å². The van der Waals surface area contributed by atoms with Crippen molar-refractivity contribution in [2.24, 2.45) is 0 Å². The van der Waals surface area contributed by atoms with Gasteiger partial charge in [0, 0.05) is 31.4 Å². The minimum absolute atomic E-state index is 0.193. The van der Waals surface area contributed by atoms with E-state index in [-0.39, 0.29) is 12.6 Å². The molecule has 0 spiro atoms. The van der Waals surface area contributed by atoms with Crippen molar-refractivity contribution in [1.29, 1.82) is 0 Å². The van der Waals surface area contributed by atoms with E-state index >= 15 is 0 Å². The van der Waals surface area contributed by atoms with Crippen molar-refractivity contribution in [2.75, 3.05) is 41.0 Å². The predicted molar refractivity (Wildman–Crippen MR) is 89.4 cm³/mol. The Bertz CT molecular complexity index is 564. The molecule has 1 aromatic rings. The largest absolute Gasteiger partial charge is 0.496 e. The van der Waals surface area contributed by atoms with Crippen molar-refractivity contribution in [1.82, 2.24) is 10.2 Å². The first-order chi connectivity index (χ1) is 11.6. The molecule has 2 rings (SSSR count). The average molecular weight is 338 g/mol. The highest BCUT2D eigenvalue weighted by molar-refractivity contribution is 5.75. The van der Waals surface area contributed by atoms with E-state index in [4.69, 9.17) is 14.2 Å². The molecule has 7 heteroatoms. The van der Waals surface area contributed by atoms with Crippen LogP contribution in [0.25, 0.3) is 0 Å². The summed E-state index contributed by atoms with van der Waals surface area (Å²) in [5.74, 6) is 1.25. The van der Waals surface area contributed by atoms with E-state index < -0.39 is 6.10 Å². The third-order valence-electron chi connectivity index (χ3n) is 4.13. The molecule has 0 aliphatic carbocycles. The number of hydrogen-bond donors (Lipinski definition) is 2. The smallest absolute Gasteiger partial charge is 0.317 e. The van der Waals surface area contributed by atoms with Gasteiger partial charge in [0.1, 0.15) is 17.6 Å². The molecule has 1 aromatic carbocycles. The molecule has 1 heterocycles. The quantitative estimate of drug-likeness (QED) is 0.740. The molecule has 0 fully saturated rings. The van der Waals surface area contributed by atoms with Crippen molar-refractivity contribution in [3.05, 3.63) is 23.3 Å². The molecule has 134 valence electrons. The molecule has 2 N–H and O–H groups in total. The maximum absolute atomic E-state index is 12.3. The lowest BCUT2D eigenvalue weighted by molar-refractivity contribution is 0.100. The van der Waals surface area contributed by atoms with Gasteiger partial charge in [-0.05, 0) is 25.0 Å². The second-order valence-electron chi connectivity index (χ2n) is 5.69. The Morgan fingerprint density at radius 1 is 1.25 bits per heavy atom. The van der Waals surface area contributed by atoms with E-state index in [0.29, 0.717) is 36.8 Å². The lowest BCUT2D eigenvalue weighted by atomic mass is 9.95. The summed E-state index contributed by atoms with van der Waals surface area (Å²) in [6.45, 7) is 1.86. The molecule has 0 unspecified atom stereocenters. The summed E-state index contributed by atoms with van der Waals surface area (Å²) in [6, 6.07) is 3.37. The Morgan fingerprint density at radius 2 is 1.96 bits per heavy atom. The second-order valence-corrected chi connectivity index (χ2v) is 5.69. The number of unbranched alkanes of at least 4 members (excludes halogenated alkanes) is 1. The number of carbonyl (C=O) groups is 1. The normalized spacial score (nSPS) is 16.5. The number of hydrogen-bond acceptors (Lipinski definition) is 5. The summed E-state index contributed by atoms with van der Waals surface area (Å²) in [7, 11) is 4.80. The Kier molecular flexibility index (Phi) is 6.69. The summed E-state index contributed by atoms with van der Waals surface area (Å²) in [5, 5.41) is 13.4. The highest BCUT2D eigenvalue weighted by Gasteiger charge is 2.31. The fourth-order valence-corrected chi connectivity index (χ4v) is 2.91. The molecule has 0 aromatic heterocycles. The second kappa shape index (κ2) is 8.75. The van der Waals surface area contributed by atoms with Gasteiger partial charge in [-0.15, -0.1) is 0 Å². The molecule has 2 amide bonds. The van der Waals surface area contributed by atoms with Crippen LogP contribution in [0.3, 0.4) is 0 Å². The number of methoxy groups -OCH3 is 3. The zero-order valence-corrected chi connectivity index (χ0v) is 14.5. The van der Waals surface area contributed by atoms with Crippen LogP contribution in [0.1, 0.15) is 30.1 Å². The predicted octanol–water partition coefficient (Wildman–Crippen LogP) is 1.69. The SMILES string of the molecule is COCCCCNC(=O)N1Cc2c(OC)ccc(OC)c2[C@H](O)C1. The molecule has 7 nitrogen and oxygen atoms in total. The van der Waals surface area contributed by atoms with Crippen LogP contribution < -0.4 is 14.8 Å². The van der Waals surface area contributed by atoms with E-state index in [1.807, 2.05) is 0 Å². The zero-order chi connectivity index (χ0) is 17.5. The maximum atomic E-state index is 12.3. The van der Waals surface area contributed by atoms with Gasteiger partial charge in [-0.2, -0.15) is 0 Å². The van der Waals surface area contributed by atoms with Crippen LogP contribution in [0.15, 0.2) is 12.1 Å². The highest BCUT2D eigenvalue weighted by atomic mass is 16.5. The molecule has 1 atom stereocenters. The van der Waals surface area contributed by atoms with Crippen LogP contribution in [-0.4, -0.2) is 57.1 Å². The van der Waals surface area contributed by atoms with Gasteiger partial charge < -0.3 is 29.5 Å². The van der Waals surface area contributed by atoms with Gasteiger partial charge in [0.25, 0.3) is 0 Å². The first-order valence-electron chi connectivity index (χ1n) is 8.05. The summed E-state index contributed by atoms with van der Waals surface area (Å²) in [5.41, 5.74) is 1.48. The van der Waals surface area contributed by atoms with Gasteiger partial charge >= 0.3 is 6.03 Å². The van der Waals surface area contributed by atoms with Crippen LogP contribution in [0.4, 0.5) is 4.79 Å². The van der Waals surface area contributed by atoms with Crippen molar-refractivity contribution >= 4 is 6.03 Å². The van der Waals surface area contributed by atoms with Crippen LogP contribution in [0.2, 0.25) is 0 Å². The molecular formula is C17H26N2O5. The first kappa shape index (κ1) is 18.4. The third kappa shape index (κ3) is 4.10. The molecule has 1 aliphatic rings. The lowest BCUT2D eigenvalue weighted by Gasteiger charge is -2.34. The lowest BCUT2D eigenvalue weighted by Crippen LogP contribution is -2.44. The van der Waals surface area contributed by atoms with Gasteiger partial charge in [0.05, 0.1) is 27.3 Å². The monoisotopic (exact) mass is 338 g/mol. The number of aliphatic hydroxyl groups is 1. The Morgan fingerprint density at radius 3 is 2.62 bits per heavy atom. The fourth-order valence-electron chi connectivity index (χ4n) is 2.91. The van der Waals surface area contributed by atoms with Crippen LogP contribution in [-0.2, 0) is 11.3 Å². The Labute approximate surface area is 142 Å². The molecule has 0 saturated heterocycles. The number of ether oxygens (including phenoxy) is 3. The van der Waals surface area contributed by atoms with Crippen molar-refractivity contribution in [3.63, 3.8) is 0 Å². The fraction of sp³-hybridized carbons (Fsp3) is 0.588. The average Bonchev–Trinajstić information content (AvgIpc) is 2.60. The summed E-state index contributed by atoms with van der Waals surface area (Å²) in [4.78, 5) is 13.9. The topological polar surface area (TPSA) is 80.3 Å². The minimum Gasteiger partial charge on any atom is -0.496 e. The van der Waals surface area contributed by atoms with Crippen molar-refractivity contribution in [2.45, 2.75) is 25.5 Å². The van der Waals surface area contributed by atoms with Crippen molar-refractivity contribution in [3.8, 4) is 11.5 Å². The number of rotatable bonds is 7. The number of aliphatic hydroxyl groups excluding tert-OH is 1. The standard InChI is InChI=1S/C17H26N2O5/c1-22-9-5-4-8-18-17(21)19-10-12-14(23-2)6-7-15(24-3)16(12)13(20)11-19/h6-7,13,20H,4-5,8-11H2,1-3H3,(H,18,21)/t13-/m1/s1. The number of carbonyl (C=O) groups excluding carboxylic acids is 1. The molecule has 0 bridgehead atoms. The van der Waals surface area contributed by atoms with E-state index in [1.165, 1.54) is 0 Å². The Hall–Kier alpha value is -1.99. The zero-order valence-electron chi connectivity index (χ0n) is 14.5.